The van der Waals surface area contributed by atoms with Gasteiger partial charge in [0.1, 0.15) is 36.3 Å². The summed E-state index contributed by atoms with van der Waals surface area (Å²) in [5, 5.41) is 96.3. The summed E-state index contributed by atoms with van der Waals surface area (Å²) in [6.45, 7) is -0.205. The van der Waals surface area contributed by atoms with Crippen molar-refractivity contribution in [1.82, 2.24) is 39.4 Å². The summed E-state index contributed by atoms with van der Waals surface area (Å²) >= 11 is 0. The molecule has 0 saturated carbocycles. The van der Waals surface area contributed by atoms with Gasteiger partial charge in [0.2, 0.25) is 0 Å². The molecule has 2 aromatic heterocycles. The van der Waals surface area contributed by atoms with Crippen LogP contribution in [0.3, 0.4) is 0 Å². The second kappa shape index (κ2) is 41.5. The fourth-order valence-corrected chi connectivity index (χ4v) is 9.77. The van der Waals surface area contributed by atoms with E-state index in [9.17, 15) is 98.4 Å². The average Bonchev–Trinajstić information content (AvgIpc) is 2.84. The molecule has 2 aliphatic rings. The fraction of sp³-hybridized carbons (Fsp3) is 0.577. The van der Waals surface area contributed by atoms with Gasteiger partial charge in [0.05, 0.1) is 36.0 Å². The number of nitrogens with zero attached hydrogens (tertiary/aromatic N) is 8. The van der Waals surface area contributed by atoms with Gasteiger partial charge >= 0.3 is 140 Å². The van der Waals surface area contributed by atoms with Crippen LogP contribution in [-0.4, -0.2) is 265 Å². The number of aromatic nitrogens is 2. The summed E-state index contributed by atoms with van der Waals surface area (Å²) in [7, 11) is 0. The van der Waals surface area contributed by atoms with E-state index in [2.05, 4.69) is 9.97 Å². The van der Waals surface area contributed by atoms with Crippen molar-refractivity contribution in [1.29, 1.82) is 0 Å². The fourth-order valence-electron chi connectivity index (χ4n) is 9.77. The molecule has 0 unspecified atom stereocenters. The quantitative estimate of drug-likeness (QED) is 0.0320. The van der Waals surface area contributed by atoms with Crippen LogP contribution in [0.25, 0.3) is 0 Å². The van der Waals surface area contributed by atoms with E-state index in [0.29, 0.717) is 22.8 Å². The largest absolute Gasteiger partial charge is 3.00 e. The maximum absolute atomic E-state index is 12.2. The smallest absolute Gasteiger partial charge is 0.481 e. The van der Waals surface area contributed by atoms with E-state index >= 15 is 0 Å². The second-order valence-electron chi connectivity index (χ2n) is 19.6. The third-order valence-corrected chi connectivity index (χ3v) is 13.9. The Morgan fingerprint density at radius 2 is 0.558 bits per heavy atom. The van der Waals surface area contributed by atoms with E-state index in [4.69, 9.17) is 19.7 Å². The number of carboxylic acids is 10. The van der Waals surface area contributed by atoms with Gasteiger partial charge in [0, 0.05) is 117 Å². The van der Waals surface area contributed by atoms with Crippen molar-refractivity contribution in [2.45, 2.75) is 127 Å². The van der Waals surface area contributed by atoms with E-state index in [1.807, 2.05) is 0 Å². The molecule has 4 bridgehead atoms. The summed E-state index contributed by atoms with van der Waals surface area (Å²) in [4.78, 5) is 158. The minimum absolute atomic E-state index is 0. The van der Waals surface area contributed by atoms with Gasteiger partial charge in [-0.05, 0) is 49.9 Å². The van der Waals surface area contributed by atoms with Crippen molar-refractivity contribution >= 4 is 72.6 Å². The predicted octanol–water partition coefficient (Wildman–Crippen LogP) is -0.693. The van der Waals surface area contributed by atoms with E-state index in [1.54, 1.807) is 46.2 Å². The molecule has 0 aromatic carbocycles. The first-order chi connectivity index (χ1) is 39.8. The maximum Gasteiger partial charge on any atom is 3.00 e. The number of carbonyl (C=O) groups excluding carboxylic acids is 2. The molecule has 2 aromatic rings. The molecule has 4 heterocycles. The molecule has 32 nitrogen and oxygen atoms in total. The van der Waals surface area contributed by atoms with Crippen molar-refractivity contribution in [2.75, 3.05) is 65.6 Å². The Hall–Kier alpha value is -5.65. The summed E-state index contributed by atoms with van der Waals surface area (Å²) < 4.78 is 9.40. The average molecular weight is 1510 g/mol. The Morgan fingerprint density at radius 1 is 0.360 bits per heavy atom. The molecular weight excluding hydrogens is 1440 g/mol. The van der Waals surface area contributed by atoms with Gasteiger partial charge in [0.25, 0.3) is 12.9 Å². The van der Waals surface area contributed by atoms with Gasteiger partial charge in [0.15, 0.2) is 0 Å². The summed E-state index contributed by atoms with van der Waals surface area (Å²) in [5.74, 6) is -12.3. The SMILES string of the molecule is O=COCC[C@@H](C(=O)O)N1CCN([C@@H](CCC(=O)O)C(=O)O)CCN([C@@H](CCC(=O)O)C(=O)O)Cc2cccc(n2)C1.O=COCC[C@H](C(=O)O)N1CCN([C@H](CCC(=O)O)C(=O)O)CCN([C@H](CCC(=O)O)C(=O)O)Cc2cccc(n2)C1.[Gd+3].[Gd+3]. The first-order valence-electron chi connectivity index (χ1n) is 26.5. The molecule has 4 rings (SSSR count). The molecule has 86 heavy (non-hydrogen) atoms. The van der Waals surface area contributed by atoms with Crippen LogP contribution in [0.2, 0.25) is 0 Å². The Labute approximate surface area is 556 Å². The molecule has 0 saturated heterocycles. The molecule has 0 spiro atoms. The van der Waals surface area contributed by atoms with Crippen LogP contribution < -0.4 is 0 Å². The number of rotatable bonds is 32. The third-order valence-electron chi connectivity index (χ3n) is 13.9. The first-order valence-corrected chi connectivity index (χ1v) is 26.5. The number of pyridine rings is 2. The molecular formula is C52H72Gd2N8O24+6. The van der Waals surface area contributed by atoms with Crippen molar-refractivity contribution in [2.24, 2.45) is 0 Å². The predicted molar refractivity (Wildman–Crippen MR) is 283 cm³/mol. The number of carboxylic acid groups (broad SMARTS) is 10. The topological polar surface area (TPSA) is 471 Å². The normalized spacial score (nSPS) is 17.1. The molecule has 474 valence electrons. The minimum Gasteiger partial charge on any atom is -0.481 e. The first kappa shape index (κ1) is 78.4. The van der Waals surface area contributed by atoms with Gasteiger partial charge < -0.3 is 60.5 Å². The monoisotopic (exact) mass is 1510 g/mol. The van der Waals surface area contributed by atoms with Crippen LogP contribution in [0.5, 0.6) is 0 Å². The second-order valence-corrected chi connectivity index (χ2v) is 19.6. The Balaban J connectivity index is 0.000000840. The Kier molecular flexibility index (Phi) is 37.8. The molecule has 2 radical (unpaired) electrons. The van der Waals surface area contributed by atoms with Crippen LogP contribution in [0.1, 0.15) is 87.0 Å². The van der Waals surface area contributed by atoms with Gasteiger partial charge in [-0.1, -0.05) is 12.1 Å². The van der Waals surface area contributed by atoms with Gasteiger partial charge in [-0.2, -0.15) is 0 Å². The third kappa shape index (κ3) is 28.5. The van der Waals surface area contributed by atoms with Crippen molar-refractivity contribution in [3.8, 4) is 0 Å². The number of hydrogen-bond acceptors (Lipinski definition) is 22. The number of hydrogen-bond donors (Lipinski definition) is 10. The zero-order valence-electron chi connectivity index (χ0n) is 46.5. The Bertz CT molecular complexity index is 2420. The number of carbonyl (C=O) groups is 12. The van der Waals surface area contributed by atoms with Crippen molar-refractivity contribution in [3.63, 3.8) is 0 Å². The van der Waals surface area contributed by atoms with Crippen molar-refractivity contribution < 1.29 is 198 Å². The molecule has 2 aliphatic heterocycles. The molecule has 0 amide bonds. The van der Waals surface area contributed by atoms with Gasteiger partial charge in [-0.3, -0.25) is 96.9 Å². The molecule has 10 N–H and O–H groups in total. The van der Waals surface area contributed by atoms with E-state index < -0.39 is 122 Å². The van der Waals surface area contributed by atoms with Crippen LogP contribution in [0.15, 0.2) is 36.4 Å². The number of ether oxygens (including phenoxy) is 2. The number of aliphatic carboxylic acids is 10. The zero-order valence-corrected chi connectivity index (χ0v) is 51.1. The summed E-state index contributed by atoms with van der Waals surface area (Å²) in [6.07, 6.45) is -2.82. The maximum atomic E-state index is 12.2. The van der Waals surface area contributed by atoms with Crippen LogP contribution in [-0.2, 0) is 93.2 Å². The minimum atomic E-state index is -1.30. The Morgan fingerprint density at radius 3 is 0.756 bits per heavy atom. The van der Waals surface area contributed by atoms with Crippen LogP contribution in [0.4, 0.5) is 0 Å². The molecule has 0 fully saturated rings. The standard InChI is InChI=1S/2C26H36N4O12.2Gd/c2*31-16-42-13-8-21(26(40)41)30-12-10-28(19(24(36)37)4-6-22(32)33)9-11-29(20(25(38)39)5-7-23(34)35)14-17-2-1-3-18(15-30)27-17;;/h2*1-3,16,19-21H,4-15H2,(H,32,33)(H,34,35)(H,36,37)(H,38,39)(H,40,41);;/q;;2*+3/t2*19-,20-,21-;;/m10../s1. The summed E-state index contributed by atoms with van der Waals surface area (Å²) in [5.41, 5.74) is 1.75. The molecule has 0 aliphatic carbocycles. The zero-order chi connectivity index (χ0) is 62.5. The van der Waals surface area contributed by atoms with Crippen LogP contribution in [0, 0.1) is 79.9 Å². The summed E-state index contributed by atoms with van der Waals surface area (Å²) in [6, 6.07) is 2.63. The van der Waals surface area contributed by atoms with Gasteiger partial charge in [-0.15, -0.1) is 0 Å². The van der Waals surface area contributed by atoms with Crippen LogP contribution >= 0.6 is 0 Å². The number of fused-ring (bicyclic) bond motifs is 4. The van der Waals surface area contributed by atoms with Gasteiger partial charge in [-0.25, -0.2) is 0 Å². The molecule has 6 atom stereocenters. The van der Waals surface area contributed by atoms with E-state index in [-0.39, 0.29) is 223 Å². The van der Waals surface area contributed by atoms with E-state index in [0.717, 1.165) is 0 Å². The molecule has 34 heteroatoms. The van der Waals surface area contributed by atoms with E-state index in [1.165, 1.54) is 19.6 Å². The van der Waals surface area contributed by atoms with Crippen molar-refractivity contribution in [3.05, 3.63) is 59.2 Å².